The highest BCUT2D eigenvalue weighted by molar-refractivity contribution is 6.00. The van der Waals surface area contributed by atoms with Crippen molar-refractivity contribution in [3.8, 4) is 0 Å². The molecule has 0 aliphatic carbocycles. The molecule has 1 rings (SSSR count). The summed E-state index contributed by atoms with van der Waals surface area (Å²) in [6.07, 6.45) is 11.7. The summed E-state index contributed by atoms with van der Waals surface area (Å²) in [5.74, 6) is -0.440. The molecule has 0 aromatic carbocycles. The Morgan fingerprint density at radius 3 is 2.46 bits per heavy atom. The molecule has 0 saturated heterocycles. The monoisotopic (exact) mass is 387 g/mol. The first-order valence-electron chi connectivity index (χ1n) is 8.80. The molecule has 1 N–H and O–H groups in total. The van der Waals surface area contributed by atoms with Crippen LogP contribution in [-0.2, 0) is 14.3 Å². The van der Waals surface area contributed by atoms with E-state index in [4.69, 9.17) is 0 Å². The molecule has 1 heterocycles. The normalized spacial score (nSPS) is 11.1. The minimum absolute atomic E-state index is 0.0498. The van der Waals surface area contributed by atoms with Crippen LogP contribution in [0.15, 0.2) is 42.0 Å². The summed E-state index contributed by atoms with van der Waals surface area (Å²) in [6.45, 7) is 3.94. The molecule has 7 heteroatoms. The maximum atomic E-state index is 12.4. The van der Waals surface area contributed by atoms with Gasteiger partial charge in [-0.3, -0.25) is 9.59 Å². The second-order valence-corrected chi connectivity index (χ2v) is 5.60. The fourth-order valence-electron chi connectivity index (χ4n) is 2.09. The number of hydrogen-bond acceptors (Lipinski definition) is 5. The molecule has 7 nitrogen and oxygen atoms in total. The lowest BCUT2D eigenvalue weighted by Gasteiger charge is -2.15. The second kappa shape index (κ2) is 15.0. The van der Waals surface area contributed by atoms with E-state index in [1.165, 1.54) is 11.9 Å². The fourth-order valence-corrected chi connectivity index (χ4v) is 2.09. The second-order valence-electron chi connectivity index (χ2n) is 5.60. The molecule has 0 bridgehead atoms. The molecule has 1 aromatic heterocycles. The Balaban J connectivity index is 0.00000227. The predicted molar refractivity (Wildman–Crippen MR) is 112 cm³/mol. The topological polar surface area (TPSA) is 88.6 Å². The van der Waals surface area contributed by atoms with Crippen LogP contribution in [-0.4, -0.2) is 56.3 Å². The summed E-state index contributed by atoms with van der Waals surface area (Å²) < 4.78 is 4.25. The van der Waals surface area contributed by atoms with Crippen molar-refractivity contribution in [2.45, 2.75) is 20.3 Å². The number of ether oxygens (including phenoxy) is 1. The van der Waals surface area contributed by atoms with Gasteiger partial charge in [0.05, 0.1) is 17.9 Å². The zero-order chi connectivity index (χ0) is 21.4. The smallest absolute Gasteiger partial charge is 0.274 e. The maximum absolute atomic E-state index is 12.4. The average molecular weight is 387 g/mol. The van der Waals surface area contributed by atoms with Crippen LogP contribution in [0.25, 0.3) is 6.08 Å². The van der Waals surface area contributed by atoms with Gasteiger partial charge in [0.15, 0.2) is 5.69 Å². The van der Waals surface area contributed by atoms with Crippen molar-refractivity contribution < 1.29 is 19.1 Å². The Morgan fingerprint density at radius 1 is 1.25 bits per heavy atom. The van der Waals surface area contributed by atoms with Gasteiger partial charge in [-0.05, 0) is 37.1 Å². The van der Waals surface area contributed by atoms with Gasteiger partial charge in [-0.15, -0.1) is 0 Å². The number of amides is 2. The van der Waals surface area contributed by atoms with E-state index in [2.05, 4.69) is 28.0 Å². The van der Waals surface area contributed by atoms with Crippen molar-refractivity contribution in [3.63, 3.8) is 0 Å². The third kappa shape index (κ3) is 9.05. The van der Waals surface area contributed by atoms with Crippen molar-refractivity contribution in [2.24, 2.45) is 0 Å². The Kier molecular flexibility index (Phi) is 13.4. The highest BCUT2D eigenvalue weighted by Gasteiger charge is 2.17. The largest absolute Gasteiger partial charge is 0.388 e. The first kappa shape index (κ1) is 24.9. The lowest BCUT2D eigenvalue weighted by Crippen LogP contribution is -2.30. The number of nitrogens with zero attached hydrogens (tertiary/aromatic N) is 2. The lowest BCUT2D eigenvalue weighted by molar-refractivity contribution is -0.108. The van der Waals surface area contributed by atoms with Crippen molar-refractivity contribution >= 4 is 30.4 Å². The van der Waals surface area contributed by atoms with Gasteiger partial charge >= 0.3 is 0 Å². The summed E-state index contributed by atoms with van der Waals surface area (Å²) in [5.41, 5.74) is 2.00. The average Bonchev–Trinajstić information content (AvgIpc) is 2.67. The molecule has 0 spiro atoms. The van der Waals surface area contributed by atoms with Gasteiger partial charge in [0.2, 0.25) is 6.41 Å². The van der Waals surface area contributed by atoms with E-state index in [0.29, 0.717) is 24.1 Å². The molecule has 0 saturated carbocycles. The van der Waals surface area contributed by atoms with Gasteiger partial charge in [-0.2, -0.15) is 0 Å². The summed E-state index contributed by atoms with van der Waals surface area (Å²) >= 11 is 0. The van der Waals surface area contributed by atoms with E-state index in [1.54, 1.807) is 32.4 Å². The number of likely N-dealkylation sites (N-methyl/N-ethyl adjacent to an activating group) is 1. The summed E-state index contributed by atoms with van der Waals surface area (Å²) in [7, 11) is 4.75. The number of methoxy groups -OCH3 is 1. The molecule has 0 atom stereocenters. The molecule has 0 unspecified atom stereocenters. The number of rotatable bonds is 9. The van der Waals surface area contributed by atoms with Gasteiger partial charge < -0.3 is 19.7 Å². The minimum atomic E-state index is -0.440. The zero-order valence-electron chi connectivity index (χ0n) is 17.1. The Morgan fingerprint density at radius 2 is 1.93 bits per heavy atom. The van der Waals surface area contributed by atoms with Gasteiger partial charge in [-0.25, -0.2) is 4.98 Å². The van der Waals surface area contributed by atoms with Crippen LogP contribution in [0.4, 0.5) is 5.69 Å². The molecular weight excluding hydrogens is 358 g/mol. The fraction of sp³-hybridized carbons (Fsp3) is 0.333. The Bertz CT molecular complexity index is 724. The Labute approximate surface area is 166 Å². The molecule has 152 valence electrons. The van der Waals surface area contributed by atoms with Crippen LogP contribution in [0.2, 0.25) is 0 Å². The minimum Gasteiger partial charge on any atom is -0.388 e. The molecule has 1 aromatic rings. The van der Waals surface area contributed by atoms with E-state index in [1.807, 2.05) is 25.2 Å². The molecule has 0 fully saturated rings. The van der Waals surface area contributed by atoms with Gasteiger partial charge in [-0.1, -0.05) is 31.2 Å². The number of anilines is 1. The van der Waals surface area contributed by atoms with Crippen LogP contribution in [0.5, 0.6) is 0 Å². The van der Waals surface area contributed by atoms with Crippen molar-refractivity contribution in [1.29, 1.82) is 0 Å². The first-order valence-corrected chi connectivity index (χ1v) is 8.80. The van der Waals surface area contributed by atoms with Crippen LogP contribution in [0.1, 0.15) is 36.5 Å². The van der Waals surface area contributed by atoms with E-state index in [-0.39, 0.29) is 12.2 Å². The standard InChI is InChI=1S/C19H23N3O3.C2H6O/c1-4-6-15(7-5-2)8-9-16-10-11-17(20-14-24)18(21-16)19(25)22(3)12-13-23;1-3-2/h4,6-11,13-14H,5,12H2,1-3H3,(H,20,24);1-2H3/b6-4-,9-8+,15-7+;. The van der Waals surface area contributed by atoms with Gasteiger partial charge in [0.25, 0.3) is 5.91 Å². The highest BCUT2D eigenvalue weighted by atomic mass is 16.4. The van der Waals surface area contributed by atoms with Crippen LogP contribution in [0.3, 0.4) is 0 Å². The SMILES string of the molecule is COC.C\C=C/C(/C=C/c1ccc(NC=O)c(C(=O)N(C)CC=O)n1)=C\CC. The van der Waals surface area contributed by atoms with Gasteiger partial charge in [0, 0.05) is 21.3 Å². The maximum Gasteiger partial charge on any atom is 0.274 e. The molecule has 28 heavy (non-hydrogen) atoms. The van der Waals surface area contributed by atoms with Crippen molar-refractivity contribution in [1.82, 2.24) is 9.88 Å². The molecule has 2 amide bonds. The number of aldehydes is 1. The highest BCUT2D eigenvalue weighted by Crippen LogP contribution is 2.17. The van der Waals surface area contributed by atoms with Crippen LogP contribution < -0.4 is 5.32 Å². The number of nitrogens with one attached hydrogen (secondary N) is 1. The molecule has 0 aliphatic rings. The Hall–Kier alpha value is -3.06. The van der Waals surface area contributed by atoms with Crippen molar-refractivity contribution in [2.75, 3.05) is 33.1 Å². The number of aromatic nitrogens is 1. The quantitative estimate of drug-likeness (QED) is 0.519. The van der Waals surface area contributed by atoms with Crippen LogP contribution >= 0.6 is 0 Å². The number of pyridine rings is 1. The first-order chi connectivity index (χ1) is 13.5. The number of carbonyl (C=O) groups excluding carboxylic acids is 3. The van der Waals surface area contributed by atoms with Gasteiger partial charge in [0.1, 0.15) is 6.29 Å². The van der Waals surface area contributed by atoms with E-state index in [0.717, 1.165) is 12.0 Å². The third-order valence-electron chi connectivity index (χ3n) is 3.27. The van der Waals surface area contributed by atoms with Crippen LogP contribution in [0, 0.1) is 0 Å². The lowest BCUT2D eigenvalue weighted by atomic mass is 10.1. The molecule has 0 radical (unpaired) electrons. The summed E-state index contributed by atoms with van der Waals surface area (Å²) in [5, 5.41) is 2.46. The number of carbonyl (C=O) groups is 3. The molecule has 0 aliphatic heterocycles. The van der Waals surface area contributed by atoms with E-state index < -0.39 is 5.91 Å². The third-order valence-corrected chi connectivity index (χ3v) is 3.27. The predicted octanol–water partition coefficient (Wildman–Crippen LogP) is 3.11. The summed E-state index contributed by atoms with van der Waals surface area (Å²) in [6, 6.07) is 3.32. The molecular formula is C21H29N3O4. The zero-order valence-corrected chi connectivity index (χ0v) is 17.1. The summed E-state index contributed by atoms with van der Waals surface area (Å²) in [4.78, 5) is 39.3. The number of hydrogen-bond donors (Lipinski definition) is 1. The van der Waals surface area contributed by atoms with Crippen molar-refractivity contribution in [3.05, 3.63) is 53.4 Å². The van der Waals surface area contributed by atoms with E-state index in [9.17, 15) is 14.4 Å². The number of allylic oxidation sites excluding steroid dienone is 5. The van der Waals surface area contributed by atoms with E-state index >= 15 is 0 Å².